The van der Waals surface area contributed by atoms with Gasteiger partial charge in [-0.25, -0.2) is 4.98 Å². The van der Waals surface area contributed by atoms with E-state index in [9.17, 15) is 9.59 Å². The summed E-state index contributed by atoms with van der Waals surface area (Å²) in [6, 6.07) is 7.46. The fourth-order valence-corrected chi connectivity index (χ4v) is 3.54. The molecule has 0 unspecified atom stereocenters. The van der Waals surface area contributed by atoms with Crippen LogP contribution in [0.1, 0.15) is 40.7 Å². The van der Waals surface area contributed by atoms with Gasteiger partial charge in [-0.2, -0.15) is 0 Å². The normalized spacial score (nSPS) is 13.5. The zero-order valence-corrected chi connectivity index (χ0v) is 13.7. The van der Waals surface area contributed by atoms with E-state index in [1.165, 1.54) is 11.3 Å². The first-order chi connectivity index (χ1) is 11.2. The second-order valence-corrected chi connectivity index (χ2v) is 6.37. The smallest absolute Gasteiger partial charge is 0.230 e. The lowest BCUT2D eigenvalue weighted by Crippen LogP contribution is -2.14. The van der Waals surface area contributed by atoms with Gasteiger partial charge < -0.3 is 10.1 Å². The second-order valence-electron chi connectivity index (χ2n) is 5.37. The number of thiazole rings is 1. The van der Waals surface area contributed by atoms with Crippen LogP contribution in [0.15, 0.2) is 24.3 Å². The Labute approximate surface area is 138 Å². The van der Waals surface area contributed by atoms with Crippen molar-refractivity contribution in [2.24, 2.45) is 0 Å². The third kappa shape index (κ3) is 3.76. The first kappa shape index (κ1) is 15.7. The molecule has 0 bridgehead atoms. The van der Waals surface area contributed by atoms with E-state index in [0.29, 0.717) is 23.0 Å². The SMILES string of the molecule is CCOc1ccc(CC(=O)Nc2nc3c(s2)C(=O)CCC3)cc1. The van der Waals surface area contributed by atoms with Gasteiger partial charge in [0.05, 0.1) is 23.6 Å². The molecule has 1 aromatic carbocycles. The molecule has 0 fully saturated rings. The molecule has 0 aliphatic heterocycles. The number of amides is 1. The van der Waals surface area contributed by atoms with Crippen molar-refractivity contribution in [3.05, 3.63) is 40.4 Å². The summed E-state index contributed by atoms with van der Waals surface area (Å²) in [6.45, 7) is 2.55. The maximum absolute atomic E-state index is 12.1. The minimum absolute atomic E-state index is 0.132. The number of nitrogens with zero attached hydrogens (tertiary/aromatic N) is 1. The Hall–Kier alpha value is -2.21. The Morgan fingerprint density at radius 3 is 2.78 bits per heavy atom. The quantitative estimate of drug-likeness (QED) is 0.914. The van der Waals surface area contributed by atoms with Gasteiger partial charge in [0.25, 0.3) is 0 Å². The molecular formula is C17H18N2O3S. The number of anilines is 1. The van der Waals surface area contributed by atoms with Gasteiger partial charge in [0.2, 0.25) is 5.91 Å². The van der Waals surface area contributed by atoms with Gasteiger partial charge in [0, 0.05) is 6.42 Å². The topological polar surface area (TPSA) is 68.3 Å². The molecule has 0 atom stereocenters. The van der Waals surface area contributed by atoms with Crippen molar-refractivity contribution in [1.29, 1.82) is 0 Å². The van der Waals surface area contributed by atoms with E-state index in [1.807, 2.05) is 31.2 Å². The van der Waals surface area contributed by atoms with Gasteiger partial charge in [-0.3, -0.25) is 9.59 Å². The molecule has 1 heterocycles. The van der Waals surface area contributed by atoms with Crippen LogP contribution in [0.4, 0.5) is 5.13 Å². The van der Waals surface area contributed by atoms with Gasteiger partial charge in [0.15, 0.2) is 10.9 Å². The lowest BCUT2D eigenvalue weighted by Gasteiger charge is -2.05. The number of nitrogens with one attached hydrogen (secondary N) is 1. The molecular weight excluding hydrogens is 312 g/mol. The first-order valence-electron chi connectivity index (χ1n) is 7.70. The Balaban J connectivity index is 1.62. The summed E-state index contributed by atoms with van der Waals surface area (Å²) >= 11 is 1.28. The summed E-state index contributed by atoms with van der Waals surface area (Å²) in [6.07, 6.45) is 2.50. The van der Waals surface area contributed by atoms with Crippen molar-refractivity contribution >= 4 is 28.2 Å². The number of fused-ring (bicyclic) bond motifs is 1. The molecule has 1 N–H and O–H groups in total. The van der Waals surface area contributed by atoms with E-state index in [4.69, 9.17) is 4.74 Å². The highest BCUT2D eigenvalue weighted by atomic mass is 32.1. The Morgan fingerprint density at radius 2 is 2.09 bits per heavy atom. The Bertz CT molecular complexity index is 722. The van der Waals surface area contributed by atoms with Crippen LogP contribution < -0.4 is 10.1 Å². The Kier molecular flexibility index (Phi) is 4.71. The highest BCUT2D eigenvalue weighted by molar-refractivity contribution is 7.17. The average Bonchev–Trinajstić information content (AvgIpc) is 2.93. The van der Waals surface area contributed by atoms with Crippen molar-refractivity contribution in [2.45, 2.75) is 32.6 Å². The predicted octanol–water partition coefficient (Wildman–Crippen LogP) is 3.24. The van der Waals surface area contributed by atoms with Crippen LogP contribution in [0.3, 0.4) is 0 Å². The Morgan fingerprint density at radius 1 is 1.30 bits per heavy atom. The number of carbonyl (C=O) groups is 2. The molecule has 3 rings (SSSR count). The minimum Gasteiger partial charge on any atom is -0.494 e. The predicted molar refractivity (Wildman–Crippen MR) is 89.3 cm³/mol. The van der Waals surface area contributed by atoms with Gasteiger partial charge in [0.1, 0.15) is 5.75 Å². The van der Waals surface area contributed by atoms with Crippen LogP contribution in [-0.2, 0) is 17.6 Å². The van der Waals surface area contributed by atoms with Crippen molar-refractivity contribution in [2.75, 3.05) is 11.9 Å². The zero-order chi connectivity index (χ0) is 16.2. The van der Waals surface area contributed by atoms with Crippen LogP contribution >= 0.6 is 11.3 Å². The van der Waals surface area contributed by atoms with Crippen molar-refractivity contribution in [3.8, 4) is 5.75 Å². The molecule has 1 aromatic heterocycles. The number of carbonyl (C=O) groups excluding carboxylic acids is 2. The maximum atomic E-state index is 12.1. The van der Waals surface area contributed by atoms with E-state index in [-0.39, 0.29) is 18.1 Å². The number of aryl methyl sites for hydroxylation is 1. The summed E-state index contributed by atoms with van der Waals surface area (Å²) in [5, 5.41) is 3.31. The van der Waals surface area contributed by atoms with Crippen molar-refractivity contribution < 1.29 is 14.3 Å². The van der Waals surface area contributed by atoms with Crippen LogP contribution in [0.2, 0.25) is 0 Å². The molecule has 6 heteroatoms. The van der Waals surface area contributed by atoms with Crippen LogP contribution in [0, 0.1) is 0 Å². The molecule has 120 valence electrons. The number of benzene rings is 1. The largest absolute Gasteiger partial charge is 0.494 e. The summed E-state index contributed by atoms with van der Waals surface area (Å²) in [7, 11) is 0. The molecule has 23 heavy (non-hydrogen) atoms. The molecule has 0 radical (unpaired) electrons. The molecule has 5 nitrogen and oxygen atoms in total. The van der Waals surface area contributed by atoms with Crippen LogP contribution in [0.25, 0.3) is 0 Å². The molecule has 1 aliphatic carbocycles. The average molecular weight is 330 g/mol. The monoisotopic (exact) mass is 330 g/mol. The van der Waals surface area contributed by atoms with Gasteiger partial charge >= 0.3 is 0 Å². The molecule has 1 aliphatic rings. The third-order valence-corrected chi connectivity index (χ3v) is 4.67. The zero-order valence-electron chi connectivity index (χ0n) is 12.9. The third-order valence-electron chi connectivity index (χ3n) is 3.61. The van der Waals surface area contributed by atoms with Crippen molar-refractivity contribution in [1.82, 2.24) is 4.98 Å². The van der Waals surface area contributed by atoms with Gasteiger partial charge in [-0.1, -0.05) is 23.5 Å². The molecule has 0 spiro atoms. The highest BCUT2D eigenvalue weighted by Gasteiger charge is 2.22. The highest BCUT2D eigenvalue weighted by Crippen LogP contribution is 2.29. The standard InChI is InChI=1S/C17H18N2O3S/c1-2-22-12-8-6-11(7-9-12)10-15(21)19-17-18-13-4-3-5-14(20)16(13)23-17/h6-9H,2-5,10H2,1H3,(H,18,19,21). The lowest BCUT2D eigenvalue weighted by molar-refractivity contribution is -0.115. The lowest BCUT2D eigenvalue weighted by atomic mass is 10.0. The van der Waals surface area contributed by atoms with E-state index in [0.717, 1.165) is 29.8 Å². The van der Waals surface area contributed by atoms with Crippen LogP contribution in [-0.4, -0.2) is 23.3 Å². The van der Waals surface area contributed by atoms with E-state index >= 15 is 0 Å². The van der Waals surface area contributed by atoms with E-state index in [2.05, 4.69) is 10.3 Å². The second kappa shape index (κ2) is 6.91. The summed E-state index contributed by atoms with van der Waals surface area (Å²) in [5.74, 6) is 0.797. The molecule has 2 aromatic rings. The number of ketones is 1. The summed E-state index contributed by atoms with van der Waals surface area (Å²) < 4.78 is 5.38. The number of hydrogen-bond acceptors (Lipinski definition) is 5. The number of rotatable bonds is 5. The number of aromatic nitrogens is 1. The summed E-state index contributed by atoms with van der Waals surface area (Å²) in [5.41, 5.74) is 1.73. The molecule has 0 saturated heterocycles. The number of hydrogen-bond donors (Lipinski definition) is 1. The van der Waals surface area contributed by atoms with Crippen LogP contribution in [0.5, 0.6) is 5.75 Å². The first-order valence-corrected chi connectivity index (χ1v) is 8.52. The van der Waals surface area contributed by atoms with E-state index < -0.39 is 0 Å². The molecule has 0 saturated carbocycles. The van der Waals surface area contributed by atoms with Gasteiger partial charge in [-0.15, -0.1) is 0 Å². The van der Waals surface area contributed by atoms with Crippen molar-refractivity contribution in [3.63, 3.8) is 0 Å². The molecule has 1 amide bonds. The number of ether oxygens (including phenoxy) is 1. The minimum atomic E-state index is -0.132. The fourth-order valence-electron chi connectivity index (χ4n) is 2.54. The van der Waals surface area contributed by atoms with E-state index in [1.54, 1.807) is 0 Å². The number of Topliss-reactive ketones (excluding diaryl/α,β-unsaturated/α-hetero) is 1. The summed E-state index contributed by atoms with van der Waals surface area (Å²) in [4.78, 5) is 29.0. The fraction of sp³-hybridized carbons (Fsp3) is 0.353. The maximum Gasteiger partial charge on any atom is 0.230 e. The van der Waals surface area contributed by atoms with Gasteiger partial charge in [-0.05, 0) is 37.5 Å².